The maximum Gasteiger partial charge on any atom is 0.697 e. The van der Waals surface area contributed by atoms with Gasteiger partial charge in [0.05, 0.1) is 12.1 Å². The van der Waals surface area contributed by atoms with Crippen molar-refractivity contribution in [3.8, 4) is 0 Å². The second kappa shape index (κ2) is 8.37. The van der Waals surface area contributed by atoms with Crippen molar-refractivity contribution in [3.63, 3.8) is 0 Å². The zero-order valence-corrected chi connectivity index (χ0v) is 14.9. The summed E-state index contributed by atoms with van der Waals surface area (Å²) in [6.07, 6.45) is -0.113. The number of aromatic nitrogens is 2. The van der Waals surface area contributed by atoms with Crippen LogP contribution in [-0.2, 0) is 18.3 Å². The van der Waals surface area contributed by atoms with Gasteiger partial charge in [-0.3, -0.25) is 14.3 Å². The van der Waals surface area contributed by atoms with Crippen molar-refractivity contribution >= 4 is 8.25 Å². The van der Waals surface area contributed by atoms with Crippen molar-refractivity contribution in [2.45, 2.75) is 51.7 Å². The molecule has 12 heteroatoms. The van der Waals surface area contributed by atoms with Gasteiger partial charge in [-0.2, -0.15) is 0 Å². The molecule has 1 aromatic rings. The van der Waals surface area contributed by atoms with E-state index in [1.807, 2.05) is 0 Å². The van der Waals surface area contributed by atoms with Gasteiger partial charge in [-0.05, 0) is 26.3 Å². The third-order valence-electron chi connectivity index (χ3n) is 3.50. The molecule has 0 spiro atoms. The summed E-state index contributed by atoms with van der Waals surface area (Å²) in [6, 6.07) is -0.614. The Morgan fingerprint density at radius 2 is 2.28 bits per heavy atom. The first kappa shape index (κ1) is 19.3. The summed E-state index contributed by atoms with van der Waals surface area (Å²) >= 11 is 0. The maximum atomic E-state index is 12.0. The fourth-order valence-electron chi connectivity index (χ4n) is 2.36. The molecule has 0 aliphatic carbocycles. The molecule has 1 aromatic heterocycles. The lowest BCUT2D eigenvalue weighted by atomic mass is 10.1. The number of aromatic amines is 1. The summed E-state index contributed by atoms with van der Waals surface area (Å²) in [7, 11) is -2.33. The van der Waals surface area contributed by atoms with Crippen LogP contribution in [0.25, 0.3) is 10.4 Å². The zero-order valence-electron chi connectivity index (χ0n) is 14.0. The standard InChI is InChI=1S/C13H18N5O6P/c1-7(2)24-25(21)22-6-10-9(16-17-14)4-11(23-10)18-5-8(3)12(19)15-13(18)20/h5,7,9-11H,4,6H2,1-3H3/p+1/t9-,10+,11+/m0/s1. The summed E-state index contributed by atoms with van der Waals surface area (Å²) in [5, 5.41) is 3.64. The second-order valence-corrected chi connectivity index (χ2v) is 6.71. The summed E-state index contributed by atoms with van der Waals surface area (Å²) in [4.78, 5) is 28.4. The fourth-order valence-corrected chi connectivity index (χ4v) is 3.03. The van der Waals surface area contributed by atoms with E-state index in [0.29, 0.717) is 5.56 Å². The van der Waals surface area contributed by atoms with Crippen molar-refractivity contribution in [2.75, 3.05) is 6.61 Å². The van der Waals surface area contributed by atoms with Gasteiger partial charge in [0.1, 0.15) is 18.9 Å². The Morgan fingerprint density at radius 3 is 2.92 bits per heavy atom. The van der Waals surface area contributed by atoms with Crippen molar-refractivity contribution < 1.29 is 18.3 Å². The summed E-state index contributed by atoms with van der Waals surface area (Å²) in [6.45, 7) is 4.86. The van der Waals surface area contributed by atoms with E-state index in [1.165, 1.54) is 10.8 Å². The summed E-state index contributed by atoms with van der Waals surface area (Å²) in [5.74, 6) is 0. The molecular formula is C13H19N5O6P+. The lowest BCUT2D eigenvalue weighted by Crippen LogP contribution is -2.33. The van der Waals surface area contributed by atoms with E-state index in [1.54, 1.807) is 20.8 Å². The number of rotatable bonds is 7. The average molecular weight is 372 g/mol. The Balaban J connectivity index is 2.13. The highest BCUT2D eigenvalue weighted by molar-refractivity contribution is 7.33. The van der Waals surface area contributed by atoms with Crippen LogP contribution in [0.1, 0.15) is 32.1 Å². The van der Waals surface area contributed by atoms with Crippen LogP contribution in [0.3, 0.4) is 0 Å². The highest BCUT2D eigenvalue weighted by Crippen LogP contribution is 2.33. The van der Waals surface area contributed by atoms with E-state index in [9.17, 15) is 14.2 Å². The zero-order chi connectivity index (χ0) is 18.6. The highest BCUT2D eigenvalue weighted by Gasteiger charge is 2.39. The first-order chi connectivity index (χ1) is 11.8. The van der Waals surface area contributed by atoms with Crippen LogP contribution in [0.5, 0.6) is 0 Å². The molecule has 1 saturated heterocycles. The number of azide groups is 1. The molecule has 136 valence electrons. The third kappa shape index (κ3) is 4.97. The SMILES string of the molecule is Cc1cn([C@H]2C[C@H](N=[N+]=[N-])[C@@H](CO[P+](=O)OC(C)C)O2)c(=O)[nH]c1=O. The Kier molecular flexibility index (Phi) is 6.46. The number of hydrogen-bond acceptors (Lipinski definition) is 7. The lowest BCUT2D eigenvalue weighted by Gasteiger charge is -2.14. The highest BCUT2D eigenvalue weighted by atomic mass is 31.1. The van der Waals surface area contributed by atoms with E-state index in [0.717, 1.165) is 0 Å². The van der Waals surface area contributed by atoms with Crippen LogP contribution in [-0.4, -0.2) is 34.4 Å². The van der Waals surface area contributed by atoms with Crippen LogP contribution in [0.15, 0.2) is 20.9 Å². The third-order valence-corrected chi connectivity index (χ3v) is 4.45. The fraction of sp³-hybridized carbons (Fsp3) is 0.692. The van der Waals surface area contributed by atoms with Crippen LogP contribution in [0.4, 0.5) is 0 Å². The van der Waals surface area contributed by atoms with Gasteiger partial charge >= 0.3 is 13.9 Å². The van der Waals surface area contributed by atoms with Gasteiger partial charge in [0.15, 0.2) is 0 Å². The molecule has 1 aliphatic heterocycles. The van der Waals surface area contributed by atoms with Gasteiger partial charge in [0, 0.05) is 27.7 Å². The van der Waals surface area contributed by atoms with Gasteiger partial charge in [0.2, 0.25) is 0 Å². The largest absolute Gasteiger partial charge is 0.697 e. The Labute approximate surface area is 143 Å². The molecule has 2 heterocycles. The minimum absolute atomic E-state index is 0.126. The van der Waals surface area contributed by atoms with E-state index >= 15 is 0 Å². The molecule has 1 unspecified atom stereocenters. The molecule has 25 heavy (non-hydrogen) atoms. The van der Waals surface area contributed by atoms with Crippen molar-refractivity contribution in [1.82, 2.24) is 9.55 Å². The monoisotopic (exact) mass is 372 g/mol. The predicted molar refractivity (Wildman–Crippen MR) is 87.3 cm³/mol. The number of ether oxygens (including phenoxy) is 1. The van der Waals surface area contributed by atoms with Crippen LogP contribution in [0.2, 0.25) is 0 Å². The van der Waals surface area contributed by atoms with E-state index < -0.39 is 37.9 Å². The van der Waals surface area contributed by atoms with Gasteiger partial charge in [-0.1, -0.05) is 5.11 Å². The van der Waals surface area contributed by atoms with Gasteiger partial charge in [-0.15, -0.1) is 9.05 Å². The number of H-pyrrole nitrogens is 1. The van der Waals surface area contributed by atoms with Crippen molar-refractivity contribution in [2.24, 2.45) is 5.11 Å². The molecule has 0 bridgehead atoms. The molecule has 0 saturated carbocycles. The Hall–Kier alpha value is -2.03. The molecule has 2 rings (SSSR count). The predicted octanol–water partition coefficient (Wildman–Crippen LogP) is 1.91. The maximum absolute atomic E-state index is 12.0. The second-order valence-electron chi connectivity index (χ2n) is 5.79. The number of hydrogen-bond donors (Lipinski definition) is 1. The van der Waals surface area contributed by atoms with Gasteiger partial charge in [0.25, 0.3) is 5.56 Å². The van der Waals surface area contributed by atoms with E-state index in [4.69, 9.17) is 19.3 Å². The minimum Gasteiger partial charge on any atom is -0.352 e. The quantitative estimate of drug-likeness (QED) is 0.334. The van der Waals surface area contributed by atoms with Crippen LogP contribution in [0, 0.1) is 6.92 Å². The summed E-state index contributed by atoms with van der Waals surface area (Å²) < 4.78 is 28.6. The van der Waals surface area contributed by atoms with Gasteiger partial charge < -0.3 is 4.74 Å². The molecule has 1 N–H and O–H groups in total. The molecule has 4 atom stereocenters. The molecular weight excluding hydrogens is 353 g/mol. The molecule has 1 aliphatic rings. The number of nitrogens with one attached hydrogen (secondary N) is 1. The first-order valence-corrected chi connectivity index (χ1v) is 8.70. The molecule has 11 nitrogen and oxygen atoms in total. The normalized spacial score (nSPS) is 23.5. The first-order valence-electron chi connectivity index (χ1n) is 7.60. The topological polar surface area (TPSA) is 148 Å². The van der Waals surface area contributed by atoms with Crippen molar-refractivity contribution in [1.29, 1.82) is 0 Å². The lowest BCUT2D eigenvalue weighted by molar-refractivity contribution is -0.0241. The van der Waals surface area contributed by atoms with Crippen LogP contribution < -0.4 is 11.2 Å². The summed E-state index contributed by atoms with van der Waals surface area (Å²) in [5.41, 5.74) is 7.93. The average Bonchev–Trinajstić information content (AvgIpc) is 2.91. The Morgan fingerprint density at radius 1 is 1.56 bits per heavy atom. The van der Waals surface area contributed by atoms with Crippen molar-refractivity contribution in [3.05, 3.63) is 43.0 Å². The van der Waals surface area contributed by atoms with E-state index in [-0.39, 0.29) is 19.1 Å². The number of aryl methyl sites for hydroxylation is 1. The Bertz CT molecular complexity index is 799. The molecule has 0 radical (unpaired) electrons. The van der Waals surface area contributed by atoms with E-state index in [2.05, 4.69) is 15.0 Å². The molecule has 0 aromatic carbocycles. The van der Waals surface area contributed by atoms with Gasteiger partial charge in [-0.25, -0.2) is 4.79 Å². The minimum atomic E-state index is -2.33. The molecule has 0 amide bonds. The van der Waals surface area contributed by atoms with Crippen LogP contribution >= 0.6 is 8.25 Å². The smallest absolute Gasteiger partial charge is 0.352 e. The molecule has 1 fully saturated rings. The number of nitrogens with zero attached hydrogens (tertiary/aromatic N) is 4.